The minimum absolute atomic E-state index is 0.193. The van der Waals surface area contributed by atoms with Gasteiger partial charge in [0.2, 0.25) is 0 Å². The van der Waals surface area contributed by atoms with Crippen molar-refractivity contribution < 1.29 is 4.79 Å². The fourth-order valence-electron chi connectivity index (χ4n) is 1.47. The first-order valence-electron chi connectivity index (χ1n) is 5.27. The van der Waals surface area contributed by atoms with E-state index in [1.807, 2.05) is 17.6 Å². The van der Waals surface area contributed by atoms with E-state index in [0.29, 0.717) is 12.1 Å². The molecular formula is C12H13N5O. The highest BCUT2D eigenvalue weighted by Gasteiger charge is 2.06. The number of nitrogens with one attached hydrogen (secondary N) is 1. The van der Waals surface area contributed by atoms with Crippen LogP contribution in [-0.4, -0.2) is 23.9 Å². The second-order valence-electron chi connectivity index (χ2n) is 3.63. The van der Waals surface area contributed by atoms with Crippen molar-refractivity contribution in [1.82, 2.24) is 10.3 Å². The molecule has 6 nitrogen and oxygen atoms in total. The Labute approximate surface area is 105 Å². The fraction of sp³-hybridized carbons (Fsp3) is 0.250. The molecule has 0 saturated heterocycles. The molecule has 0 aliphatic heterocycles. The standard InChI is InChI=1S/C12H13N5O/c13-5-7-17(8-6-14)9-10-1-3-11(4-2-10)12(18)16-15/h1-4H,7-9,15H2,(H,16,18). The molecule has 0 radical (unpaired) electrons. The summed E-state index contributed by atoms with van der Waals surface area (Å²) >= 11 is 0. The monoisotopic (exact) mass is 243 g/mol. The van der Waals surface area contributed by atoms with E-state index in [4.69, 9.17) is 16.4 Å². The number of carbonyl (C=O) groups excluding carboxylic acids is 1. The van der Waals surface area contributed by atoms with E-state index < -0.39 is 0 Å². The van der Waals surface area contributed by atoms with Crippen molar-refractivity contribution in [2.75, 3.05) is 13.1 Å². The summed E-state index contributed by atoms with van der Waals surface area (Å²) in [6, 6.07) is 10.8. The van der Waals surface area contributed by atoms with E-state index in [0.717, 1.165) is 5.56 Å². The van der Waals surface area contributed by atoms with Gasteiger partial charge >= 0.3 is 0 Å². The molecule has 1 amide bonds. The van der Waals surface area contributed by atoms with Crippen molar-refractivity contribution in [2.45, 2.75) is 6.54 Å². The highest BCUT2D eigenvalue weighted by molar-refractivity contribution is 5.93. The van der Waals surface area contributed by atoms with Gasteiger partial charge in [-0.15, -0.1) is 0 Å². The van der Waals surface area contributed by atoms with Crippen LogP contribution in [0.1, 0.15) is 15.9 Å². The smallest absolute Gasteiger partial charge is 0.265 e. The van der Waals surface area contributed by atoms with E-state index >= 15 is 0 Å². The molecule has 0 atom stereocenters. The average molecular weight is 243 g/mol. The van der Waals surface area contributed by atoms with Gasteiger partial charge in [0, 0.05) is 12.1 Å². The normalized spacial score (nSPS) is 9.56. The van der Waals surface area contributed by atoms with Gasteiger partial charge in [-0.25, -0.2) is 5.84 Å². The Morgan fingerprint density at radius 3 is 2.22 bits per heavy atom. The highest BCUT2D eigenvalue weighted by atomic mass is 16.2. The molecule has 0 saturated carbocycles. The van der Waals surface area contributed by atoms with Crippen LogP contribution in [0, 0.1) is 22.7 Å². The van der Waals surface area contributed by atoms with Crippen LogP contribution in [0.2, 0.25) is 0 Å². The number of rotatable bonds is 5. The zero-order valence-electron chi connectivity index (χ0n) is 9.76. The van der Waals surface area contributed by atoms with E-state index in [9.17, 15) is 4.79 Å². The predicted molar refractivity (Wildman–Crippen MR) is 64.6 cm³/mol. The summed E-state index contributed by atoms with van der Waals surface area (Å²) in [7, 11) is 0. The predicted octanol–water partition coefficient (Wildman–Crippen LogP) is 0.139. The molecule has 0 unspecified atom stereocenters. The molecule has 1 aromatic rings. The van der Waals surface area contributed by atoms with Crippen LogP contribution >= 0.6 is 0 Å². The molecule has 0 aliphatic carbocycles. The van der Waals surface area contributed by atoms with Crippen LogP contribution in [0.25, 0.3) is 0 Å². The lowest BCUT2D eigenvalue weighted by Gasteiger charge is -2.15. The Hall–Kier alpha value is -2.41. The van der Waals surface area contributed by atoms with Gasteiger partial charge in [0.15, 0.2) is 0 Å². The van der Waals surface area contributed by atoms with E-state index in [2.05, 4.69) is 0 Å². The summed E-state index contributed by atoms with van der Waals surface area (Å²) in [6.45, 7) is 0.878. The van der Waals surface area contributed by atoms with Crippen LogP contribution in [-0.2, 0) is 6.54 Å². The largest absolute Gasteiger partial charge is 0.290 e. The molecular weight excluding hydrogens is 230 g/mol. The Balaban J connectivity index is 2.71. The van der Waals surface area contributed by atoms with Gasteiger partial charge in [0.1, 0.15) is 0 Å². The number of hydrazine groups is 1. The molecule has 0 fully saturated rings. The molecule has 1 aromatic carbocycles. The third-order valence-corrected chi connectivity index (χ3v) is 2.34. The van der Waals surface area contributed by atoms with Crippen molar-refractivity contribution in [3.05, 3.63) is 35.4 Å². The van der Waals surface area contributed by atoms with Crippen LogP contribution in [0.15, 0.2) is 24.3 Å². The molecule has 1 rings (SSSR count). The minimum Gasteiger partial charge on any atom is -0.290 e. The lowest BCUT2D eigenvalue weighted by Crippen LogP contribution is -2.30. The molecule has 0 heterocycles. The molecule has 0 aliphatic rings. The number of carbonyl (C=O) groups is 1. The lowest BCUT2D eigenvalue weighted by atomic mass is 10.1. The zero-order chi connectivity index (χ0) is 13.4. The summed E-state index contributed by atoms with van der Waals surface area (Å²) in [5, 5.41) is 17.2. The van der Waals surface area contributed by atoms with Gasteiger partial charge in [0.25, 0.3) is 5.91 Å². The third-order valence-electron chi connectivity index (χ3n) is 2.34. The maximum absolute atomic E-state index is 11.2. The zero-order valence-corrected chi connectivity index (χ0v) is 9.76. The first-order valence-corrected chi connectivity index (χ1v) is 5.27. The summed E-state index contributed by atoms with van der Waals surface area (Å²) in [4.78, 5) is 12.9. The average Bonchev–Trinajstić information content (AvgIpc) is 2.39. The van der Waals surface area contributed by atoms with Crippen molar-refractivity contribution in [2.24, 2.45) is 5.84 Å². The van der Waals surface area contributed by atoms with Crippen LogP contribution < -0.4 is 11.3 Å². The Kier molecular flexibility index (Phi) is 5.33. The molecule has 0 aromatic heterocycles. The van der Waals surface area contributed by atoms with Gasteiger partial charge in [0.05, 0.1) is 25.2 Å². The molecule has 92 valence electrons. The Morgan fingerprint density at radius 1 is 1.22 bits per heavy atom. The number of hydrogen-bond acceptors (Lipinski definition) is 5. The van der Waals surface area contributed by atoms with Gasteiger partial charge in [-0.2, -0.15) is 10.5 Å². The summed E-state index contributed by atoms with van der Waals surface area (Å²) in [5.74, 6) is 4.67. The first-order chi connectivity index (χ1) is 8.71. The van der Waals surface area contributed by atoms with Gasteiger partial charge < -0.3 is 0 Å². The van der Waals surface area contributed by atoms with Crippen molar-refractivity contribution in [3.63, 3.8) is 0 Å². The maximum atomic E-state index is 11.2. The van der Waals surface area contributed by atoms with Crippen LogP contribution in [0.3, 0.4) is 0 Å². The summed E-state index contributed by atoms with van der Waals surface area (Å²) in [5.41, 5.74) is 3.44. The number of hydrogen-bond donors (Lipinski definition) is 2. The van der Waals surface area contributed by atoms with Crippen molar-refractivity contribution in [3.8, 4) is 12.1 Å². The fourth-order valence-corrected chi connectivity index (χ4v) is 1.47. The van der Waals surface area contributed by atoms with Crippen molar-refractivity contribution in [1.29, 1.82) is 10.5 Å². The summed E-state index contributed by atoms with van der Waals surface area (Å²) in [6.07, 6.45) is 0. The van der Waals surface area contributed by atoms with Gasteiger partial charge in [-0.3, -0.25) is 15.1 Å². The lowest BCUT2D eigenvalue weighted by molar-refractivity contribution is 0.0953. The van der Waals surface area contributed by atoms with Crippen LogP contribution in [0.4, 0.5) is 0 Å². The van der Waals surface area contributed by atoms with E-state index in [-0.39, 0.29) is 19.0 Å². The number of nitrogens with zero attached hydrogens (tertiary/aromatic N) is 3. The molecule has 0 spiro atoms. The van der Waals surface area contributed by atoms with Crippen molar-refractivity contribution >= 4 is 5.91 Å². The number of nitrogen functional groups attached to an aromatic ring is 1. The first kappa shape index (κ1) is 13.7. The number of benzene rings is 1. The molecule has 6 heteroatoms. The van der Waals surface area contributed by atoms with E-state index in [1.165, 1.54) is 0 Å². The molecule has 3 N–H and O–H groups in total. The second kappa shape index (κ2) is 7.02. The quantitative estimate of drug-likeness (QED) is 0.331. The Morgan fingerprint density at radius 2 is 1.78 bits per heavy atom. The van der Waals surface area contributed by atoms with E-state index in [1.54, 1.807) is 29.2 Å². The maximum Gasteiger partial charge on any atom is 0.265 e. The minimum atomic E-state index is -0.354. The highest BCUT2D eigenvalue weighted by Crippen LogP contribution is 2.07. The molecule has 18 heavy (non-hydrogen) atoms. The SMILES string of the molecule is N#CCN(CC#N)Cc1ccc(C(=O)NN)cc1. The second-order valence-corrected chi connectivity index (χ2v) is 3.63. The summed E-state index contributed by atoms with van der Waals surface area (Å²) < 4.78 is 0. The number of nitrogens with two attached hydrogens (primary N) is 1. The third kappa shape index (κ3) is 3.87. The van der Waals surface area contributed by atoms with Crippen LogP contribution in [0.5, 0.6) is 0 Å². The number of amides is 1. The number of nitriles is 2. The van der Waals surface area contributed by atoms with Gasteiger partial charge in [-0.05, 0) is 17.7 Å². The molecule has 0 bridgehead atoms. The van der Waals surface area contributed by atoms with Gasteiger partial charge in [-0.1, -0.05) is 12.1 Å². The Bertz CT molecular complexity index is 467. The topological polar surface area (TPSA) is 106 Å².